The van der Waals surface area contributed by atoms with Crippen LogP contribution in [0, 0.1) is 11.8 Å². The Morgan fingerprint density at radius 2 is 1.77 bits per heavy atom. The van der Waals surface area contributed by atoms with Gasteiger partial charge in [-0.25, -0.2) is 0 Å². The van der Waals surface area contributed by atoms with Crippen LogP contribution in [0.25, 0.3) is 16.9 Å². The Hall–Kier alpha value is -3.86. The summed E-state index contributed by atoms with van der Waals surface area (Å²) >= 11 is 6.19. The van der Waals surface area contributed by atoms with Crippen molar-refractivity contribution in [2.24, 2.45) is 17.6 Å². The van der Waals surface area contributed by atoms with Crippen molar-refractivity contribution in [3.05, 3.63) is 63.4 Å². The number of halogens is 1. The fourth-order valence-electron chi connectivity index (χ4n) is 6.57. The van der Waals surface area contributed by atoms with Crippen molar-refractivity contribution in [1.82, 2.24) is 4.90 Å². The number of hydrogen-bond acceptors (Lipinski definition) is 9. The molecule has 1 amide bonds. The molecule has 0 heterocycles. The second kappa shape index (κ2) is 9.36. The minimum atomic E-state index is -2.69. The van der Waals surface area contributed by atoms with E-state index in [1.54, 1.807) is 44.4 Å². The molecular formula is C29H30ClN3O7. The van der Waals surface area contributed by atoms with E-state index in [9.17, 15) is 34.8 Å². The van der Waals surface area contributed by atoms with Crippen LogP contribution in [0.5, 0.6) is 5.75 Å². The zero-order valence-corrected chi connectivity index (χ0v) is 23.2. The molecule has 0 aromatic heterocycles. The molecule has 0 saturated heterocycles. The lowest BCUT2D eigenvalue weighted by atomic mass is 9.57. The van der Waals surface area contributed by atoms with Crippen LogP contribution in [0.15, 0.2) is 47.2 Å². The maximum atomic E-state index is 14.1. The van der Waals surface area contributed by atoms with Gasteiger partial charge in [0.15, 0.2) is 11.4 Å². The van der Waals surface area contributed by atoms with Gasteiger partial charge in [-0.15, -0.1) is 0 Å². The van der Waals surface area contributed by atoms with Crippen LogP contribution in [-0.4, -0.2) is 82.6 Å². The van der Waals surface area contributed by atoms with Crippen LogP contribution in [-0.2, 0) is 20.8 Å². The quantitative estimate of drug-likeness (QED) is 0.349. The smallest absolute Gasteiger partial charge is 0.255 e. The van der Waals surface area contributed by atoms with Crippen molar-refractivity contribution in [3.8, 4) is 16.9 Å². The molecule has 40 heavy (non-hydrogen) atoms. The lowest BCUT2D eigenvalue weighted by Gasteiger charge is -2.50. The highest BCUT2D eigenvalue weighted by atomic mass is 35.5. The number of amides is 1. The van der Waals surface area contributed by atoms with Crippen LogP contribution in [0.3, 0.4) is 0 Å². The number of aliphatic hydroxyl groups is 3. The SMILES string of the molecule is CN(C)c1cc(-c2cccc(Cl)c2)c(O)c2c1C[C@@H]1C[C@@H]3[C@@H](N(C)C)C(=O)C(C(N)=O)=C(O)[C@@]3(O)C(=O)C1=C2O. The van der Waals surface area contributed by atoms with E-state index in [4.69, 9.17) is 17.3 Å². The summed E-state index contributed by atoms with van der Waals surface area (Å²) in [6.07, 6.45) is 0.223. The Balaban J connectivity index is 1.78. The minimum absolute atomic E-state index is 0.0233. The number of aromatic hydroxyl groups is 1. The third-order valence-corrected chi connectivity index (χ3v) is 8.55. The zero-order chi connectivity index (χ0) is 29.4. The molecule has 0 bridgehead atoms. The molecule has 10 nitrogen and oxygen atoms in total. The average molecular weight is 568 g/mol. The van der Waals surface area contributed by atoms with Crippen LogP contribution in [0.4, 0.5) is 5.69 Å². The third-order valence-electron chi connectivity index (χ3n) is 8.31. The Labute approximate surface area is 235 Å². The molecule has 4 atom stereocenters. The largest absolute Gasteiger partial charge is 0.508 e. The van der Waals surface area contributed by atoms with Gasteiger partial charge in [-0.3, -0.25) is 19.3 Å². The molecule has 1 fully saturated rings. The maximum Gasteiger partial charge on any atom is 0.255 e. The first-order valence-corrected chi connectivity index (χ1v) is 13.1. The Morgan fingerprint density at radius 3 is 2.35 bits per heavy atom. The molecule has 0 unspecified atom stereocenters. The summed E-state index contributed by atoms with van der Waals surface area (Å²) in [6.45, 7) is 0. The van der Waals surface area contributed by atoms with E-state index in [-0.39, 0.29) is 29.7 Å². The summed E-state index contributed by atoms with van der Waals surface area (Å²) < 4.78 is 0. The number of carbonyl (C=O) groups excluding carboxylic acids is 3. The molecule has 11 heteroatoms. The molecule has 2 aromatic carbocycles. The fourth-order valence-corrected chi connectivity index (χ4v) is 6.76. The number of hydrogen-bond donors (Lipinski definition) is 5. The van der Waals surface area contributed by atoms with Gasteiger partial charge in [-0.2, -0.15) is 0 Å². The fraction of sp³-hybridized carbons (Fsp3) is 0.345. The number of aliphatic hydroxyl groups excluding tert-OH is 2. The Bertz CT molecular complexity index is 1560. The van der Waals surface area contributed by atoms with Gasteiger partial charge in [-0.1, -0.05) is 23.7 Å². The highest BCUT2D eigenvalue weighted by Crippen LogP contribution is 2.55. The van der Waals surface area contributed by atoms with E-state index in [0.29, 0.717) is 27.4 Å². The highest BCUT2D eigenvalue weighted by molar-refractivity contribution is 6.31. The second-order valence-corrected chi connectivity index (χ2v) is 11.4. The molecule has 0 spiro atoms. The second-order valence-electron chi connectivity index (χ2n) is 11.0. The normalized spacial score (nSPS) is 26.0. The number of carbonyl (C=O) groups is 3. The van der Waals surface area contributed by atoms with Gasteiger partial charge < -0.3 is 31.1 Å². The summed E-state index contributed by atoms with van der Waals surface area (Å²) in [6, 6.07) is 7.45. The molecular weight excluding hydrogens is 538 g/mol. The molecule has 3 aliphatic rings. The first kappa shape index (κ1) is 27.7. The van der Waals surface area contributed by atoms with E-state index in [2.05, 4.69) is 0 Å². The monoisotopic (exact) mass is 567 g/mol. The number of anilines is 1. The molecule has 2 aromatic rings. The van der Waals surface area contributed by atoms with E-state index in [1.165, 1.54) is 4.90 Å². The Morgan fingerprint density at radius 1 is 1.10 bits per heavy atom. The predicted octanol–water partition coefficient (Wildman–Crippen LogP) is 2.35. The number of phenols is 1. The first-order valence-electron chi connectivity index (χ1n) is 12.7. The van der Waals surface area contributed by atoms with Crippen LogP contribution >= 0.6 is 11.6 Å². The maximum absolute atomic E-state index is 14.1. The number of ketones is 2. The van der Waals surface area contributed by atoms with Crippen molar-refractivity contribution in [1.29, 1.82) is 0 Å². The van der Waals surface area contributed by atoms with Crippen molar-refractivity contribution in [2.45, 2.75) is 24.5 Å². The highest BCUT2D eigenvalue weighted by Gasteiger charge is 2.64. The number of primary amides is 1. The molecule has 6 N–H and O–H groups in total. The number of nitrogens with zero attached hydrogens (tertiary/aromatic N) is 2. The number of benzene rings is 2. The summed E-state index contributed by atoms with van der Waals surface area (Å²) in [4.78, 5) is 42.8. The van der Waals surface area contributed by atoms with E-state index < -0.39 is 58.0 Å². The first-order chi connectivity index (χ1) is 18.7. The number of Topliss-reactive ketones (excluding diaryl/α,β-unsaturated/α-hetero) is 2. The number of nitrogens with two attached hydrogens (primary N) is 1. The van der Waals surface area contributed by atoms with Crippen molar-refractivity contribution < 1.29 is 34.8 Å². The topological polar surface area (TPSA) is 165 Å². The van der Waals surface area contributed by atoms with E-state index in [1.807, 2.05) is 19.0 Å². The van der Waals surface area contributed by atoms with Gasteiger partial charge in [0.2, 0.25) is 5.78 Å². The van der Waals surface area contributed by atoms with E-state index >= 15 is 0 Å². The molecule has 210 valence electrons. The van der Waals surface area contributed by atoms with Gasteiger partial charge in [0.1, 0.15) is 22.8 Å². The van der Waals surface area contributed by atoms with E-state index in [0.717, 1.165) is 0 Å². The van der Waals surface area contributed by atoms with Gasteiger partial charge >= 0.3 is 0 Å². The molecule has 5 rings (SSSR count). The number of phenolic OH excluding ortho intramolecular Hbond substituents is 1. The Kier molecular flexibility index (Phi) is 6.48. The zero-order valence-electron chi connectivity index (χ0n) is 22.4. The van der Waals surface area contributed by atoms with Crippen molar-refractivity contribution >= 4 is 40.5 Å². The summed E-state index contributed by atoms with van der Waals surface area (Å²) in [5.41, 5.74) is 3.89. The molecule has 0 aliphatic heterocycles. The van der Waals surface area contributed by atoms with Crippen LogP contribution in [0.1, 0.15) is 17.5 Å². The lowest BCUT2D eigenvalue weighted by Crippen LogP contribution is -2.65. The van der Waals surface area contributed by atoms with Gasteiger partial charge in [0.05, 0.1) is 11.6 Å². The average Bonchev–Trinajstić information content (AvgIpc) is 2.85. The predicted molar refractivity (Wildman–Crippen MR) is 149 cm³/mol. The molecule has 3 aliphatic carbocycles. The number of rotatable bonds is 4. The van der Waals surface area contributed by atoms with Gasteiger partial charge in [0.25, 0.3) is 5.91 Å². The summed E-state index contributed by atoms with van der Waals surface area (Å²) in [5, 5.41) is 46.3. The number of fused-ring (bicyclic) bond motifs is 3. The van der Waals surface area contributed by atoms with Gasteiger partial charge in [-0.05, 0) is 62.2 Å². The minimum Gasteiger partial charge on any atom is -0.508 e. The van der Waals surface area contributed by atoms with Crippen LogP contribution in [0.2, 0.25) is 5.02 Å². The molecule has 0 radical (unpaired) electrons. The van der Waals surface area contributed by atoms with Crippen molar-refractivity contribution in [3.63, 3.8) is 0 Å². The standard InChI is InChI=1S/C29H30ClN3O7/c1-32(2)18-11-15(12-6-5-7-14(30)8-12)23(34)20-16(18)9-13-10-17-22(33(3)4)25(36)21(28(31)39)27(38)29(17,40)26(37)19(13)24(20)35/h5-8,11,13,17,22,34-35,38,40H,9-10H2,1-4H3,(H2,31,39)/t13-,17-,22-,29+/m1/s1. The van der Waals surface area contributed by atoms with Gasteiger partial charge in [0, 0.05) is 41.9 Å². The molecule has 1 saturated carbocycles. The van der Waals surface area contributed by atoms with Crippen LogP contribution < -0.4 is 10.6 Å². The van der Waals surface area contributed by atoms with Crippen molar-refractivity contribution in [2.75, 3.05) is 33.1 Å². The lowest BCUT2D eigenvalue weighted by molar-refractivity contribution is -0.153. The summed E-state index contributed by atoms with van der Waals surface area (Å²) in [5.74, 6) is -6.84. The third kappa shape index (κ3) is 3.74. The summed E-state index contributed by atoms with van der Waals surface area (Å²) in [7, 11) is 6.75. The number of likely N-dealkylation sites (N-methyl/N-ethyl adjacent to an activating group) is 1.